The van der Waals surface area contributed by atoms with Gasteiger partial charge in [-0.25, -0.2) is 8.42 Å². The Hall–Kier alpha value is -2.75. The second-order valence-corrected chi connectivity index (χ2v) is 7.85. The van der Waals surface area contributed by atoms with Gasteiger partial charge in [0, 0.05) is 11.7 Å². The minimum atomic E-state index is -4.58. The fourth-order valence-corrected chi connectivity index (χ4v) is 3.25. The Morgan fingerprint density at radius 3 is 2.32 bits per heavy atom. The van der Waals surface area contributed by atoms with Gasteiger partial charge in [-0.05, 0) is 56.3 Å². The smallest absolute Gasteiger partial charge is 0.416 e. The predicted molar refractivity (Wildman–Crippen MR) is 97.5 cm³/mol. The van der Waals surface area contributed by atoms with Crippen LogP contribution in [-0.4, -0.2) is 27.0 Å². The highest BCUT2D eigenvalue weighted by molar-refractivity contribution is 7.92. The van der Waals surface area contributed by atoms with Gasteiger partial charge in [0.15, 0.2) is 6.61 Å². The number of hydrogen-bond donors (Lipinski definition) is 2. The van der Waals surface area contributed by atoms with E-state index >= 15 is 0 Å². The Bertz CT molecular complexity index is 927. The van der Waals surface area contributed by atoms with Gasteiger partial charge in [0.05, 0.1) is 10.5 Å². The molecule has 2 aromatic rings. The van der Waals surface area contributed by atoms with Crippen molar-refractivity contribution in [1.82, 2.24) is 5.32 Å². The summed E-state index contributed by atoms with van der Waals surface area (Å²) in [6, 6.07) is 9.01. The molecular weight excluding hydrogens is 397 g/mol. The Labute approximate surface area is 160 Å². The number of amides is 1. The summed E-state index contributed by atoms with van der Waals surface area (Å²) < 4.78 is 70.3. The molecule has 152 valence electrons. The van der Waals surface area contributed by atoms with E-state index < -0.39 is 21.8 Å². The van der Waals surface area contributed by atoms with E-state index in [0.29, 0.717) is 6.07 Å². The lowest BCUT2D eigenvalue weighted by Gasteiger charge is -2.12. The number of alkyl halides is 3. The minimum absolute atomic E-state index is 0.0365. The molecule has 0 bridgehead atoms. The monoisotopic (exact) mass is 416 g/mol. The number of rotatable bonds is 7. The van der Waals surface area contributed by atoms with Crippen LogP contribution in [0, 0.1) is 0 Å². The first-order valence-corrected chi connectivity index (χ1v) is 9.68. The third kappa shape index (κ3) is 6.15. The van der Waals surface area contributed by atoms with Crippen molar-refractivity contribution in [1.29, 1.82) is 0 Å². The molecule has 0 heterocycles. The maximum atomic E-state index is 12.7. The Balaban J connectivity index is 2.07. The van der Waals surface area contributed by atoms with Gasteiger partial charge in [-0.1, -0.05) is 6.07 Å². The Kier molecular flexibility index (Phi) is 6.55. The Morgan fingerprint density at radius 2 is 1.75 bits per heavy atom. The molecule has 0 saturated heterocycles. The molecule has 0 aliphatic heterocycles. The summed E-state index contributed by atoms with van der Waals surface area (Å²) in [4.78, 5) is 11.4. The van der Waals surface area contributed by atoms with Crippen molar-refractivity contribution in [2.75, 3.05) is 11.3 Å². The first-order chi connectivity index (χ1) is 13.0. The third-order valence-corrected chi connectivity index (χ3v) is 4.79. The quantitative estimate of drug-likeness (QED) is 0.725. The number of ether oxygens (including phenoxy) is 1. The van der Waals surface area contributed by atoms with Gasteiger partial charge in [-0.3, -0.25) is 9.52 Å². The van der Waals surface area contributed by atoms with E-state index in [4.69, 9.17) is 4.74 Å². The van der Waals surface area contributed by atoms with Crippen LogP contribution in [0.3, 0.4) is 0 Å². The van der Waals surface area contributed by atoms with Crippen molar-refractivity contribution in [2.45, 2.75) is 31.0 Å². The van der Waals surface area contributed by atoms with Gasteiger partial charge in [-0.2, -0.15) is 13.2 Å². The fraction of sp³-hybridized carbons (Fsp3) is 0.278. The number of benzene rings is 2. The molecule has 0 spiro atoms. The third-order valence-electron chi connectivity index (χ3n) is 3.40. The van der Waals surface area contributed by atoms with Crippen molar-refractivity contribution in [3.8, 4) is 5.75 Å². The van der Waals surface area contributed by atoms with Gasteiger partial charge in [0.25, 0.3) is 15.9 Å². The van der Waals surface area contributed by atoms with E-state index in [2.05, 4.69) is 10.0 Å². The van der Waals surface area contributed by atoms with Crippen LogP contribution in [0.2, 0.25) is 0 Å². The number of sulfonamides is 1. The highest BCUT2D eigenvalue weighted by Crippen LogP contribution is 2.31. The standard InChI is InChI=1S/C18H19F3N2O4S/c1-12(2)22-17(24)11-27-15-6-8-16(9-7-15)28(25,26)23-14-5-3-4-13(10-14)18(19,20)21/h3-10,12,23H,11H2,1-2H3,(H,22,24). The van der Waals surface area contributed by atoms with Crippen LogP contribution in [0.25, 0.3) is 0 Å². The van der Waals surface area contributed by atoms with E-state index in [1.165, 1.54) is 30.3 Å². The average molecular weight is 416 g/mol. The number of hydrogen-bond acceptors (Lipinski definition) is 4. The van der Waals surface area contributed by atoms with Crippen LogP contribution < -0.4 is 14.8 Å². The molecule has 10 heteroatoms. The first-order valence-electron chi connectivity index (χ1n) is 8.20. The number of anilines is 1. The minimum Gasteiger partial charge on any atom is -0.484 e. The average Bonchev–Trinajstić information content (AvgIpc) is 2.59. The van der Waals surface area contributed by atoms with Crippen molar-refractivity contribution in [2.24, 2.45) is 0 Å². The van der Waals surface area contributed by atoms with Gasteiger partial charge in [-0.15, -0.1) is 0 Å². The summed E-state index contributed by atoms with van der Waals surface area (Å²) in [7, 11) is -4.09. The SMILES string of the molecule is CC(C)NC(=O)COc1ccc(S(=O)(=O)Nc2cccc(C(F)(F)F)c2)cc1. The molecule has 0 unspecified atom stereocenters. The van der Waals surface area contributed by atoms with Crippen molar-refractivity contribution >= 4 is 21.6 Å². The highest BCUT2D eigenvalue weighted by Gasteiger charge is 2.30. The summed E-state index contributed by atoms with van der Waals surface area (Å²) in [5.74, 6) is -0.0464. The second kappa shape index (κ2) is 8.51. The summed E-state index contributed by atoms with van der Waals surface area (Å²) in [6.45, 7) is 3.37. The number of halogens is 3. The molecule has 0 aliphatic rings. The lowest BCUT2D eigenvalue weighted by atomic mass is 10.2. The summed E-state index contributed by atoms with van der Waals surface area (Å²) >= 11 is 0. The molecule has 2 aromatic carbocycles. The van der Waals surface area contributed by atoms with Crippen LogP contribution in [0.5, 0.6) is 5.75 Å². The normalized spacial score (nSPS) is 11.9. The van der Waals surface area contributed by atoms with E-state index in [9.17, 15) is 26.4 Å². The van der Waals surface area contributed by atoms with Crippen molar-refractivity contribution < 1.29 is 31.1 Å². The molecule has 0 aromatic heterocycles. The summed E-state index contributed by atoms with van der Waals surface area (Å²) in [6.07, 6.45) is -4.58. The zero-order valence-corrected chi connectivity index (χ0v) is 15.9. The Morgan fingerprint density at radius 1 is 1.11 bits per heavy atom. The van der Waals surface area contributed by atoms with Crippen LogP contribution in [0.4, 0.5) is 18.9 Å². The van der Waals surface area contributed by atoms with Gasteiger partial charge < -0.3 is 10.1 Å². The molecule has 6 nitrogen and oxygen atoms in total. The molecule has 0 atom stereocenters. The molecule has 0 radical (unpaired) electrons. The van der Waals surface area contributed by atoms with Crippen LogP contribution in [0.15, 0.2) is 53.4 Å². The van der Waals surface area contributed by atoms with Crippen LogP contribution in [-0.2, 0) is 21.0 Å². The molecule has 0 aliphatic carbocycles. The highest BCUT2D eigenvalue weighted by atomic mass is 32.2. The second-order valence-electron chi connectivity index (χ2n) is 6.17. The van der Waals surface area contributed by atoms with Gasteiger partial charge in [0.1, 0.15) is 5.75 Å². The molecular formula is C18H19F3N2O4S. The summed E-state index contributed by atoms with van der Waals surface area (Å²) in [5.41, 5.74) is -1.17. The van der Waals surface area contributed by atoms with Crippen LogP contribution in [0.1, 0.15) is 19.4 Å². The van der Waals surface area contributed by atoms with E-state index in [0.717, 1.165) is 12.1 Å². The van der Waals surface area contributed by atoms with Gasteiger partial charge in [0.2, 0.25) is 0 Å². The van der Waals surface area contributed by atoms with Crippen LogP contribution >= 0.6 is 0 Å². The molecule has 28 heavy (non-hydrogen) atoms. The first kappa shape index (κ1) is 21.5. The van der Waals surface area contributed by atoms with Crippen molar-refractivity contribution in [3.63, 3.8) is 0 Å². The van der Waals surface area contributed by atoms with E-state index in [1.54, 1.807) is 13.8 Å². The van der Waals surface area contributed by atoms with E-state index in [1.807, 2.05) is 0 Å². The number of carbonyl (C=O) groups excluding carboxylic acids is 1. The molecule has 0 saturated carbocycles. The molecule has 2 N–H and O–H groups in total. The molecule has 2 rings (SSSR count). The maximum absolute atomic E-state index is 12.7. The zero-order chi connectivity index (χ0) is 20.9. The lowest BCUT2D eigenvalue weighted by Crippen LogP contribution is -2.34. The zero-order valence-electron chi connectivity index (χ0n) is 15.1. The maximum Gasteiger partial charge on any atom is 0.416 e. The van der Waals surface area contributed by atoms with Gasteiger partial charge >= 0.3 is 6.18 Å². The van der Waals surface area contributed by atoms with E-state index in [-0.39, 0.29) is 34.9 Å². The molecule has 1 amide bonds. The summed E-state index contributed by atoms with van der Waals surface area (Å²) in [5, 5.41) is 2.64. The number of carbonyl (C=O) groups is 1. The largest absolute Gasteiger partial charge is 0.484 e. The lowest BCUT2D eigenvalue weighted by molar-refractivity contribution is -0.137. The number of nitrogens with one attached hydrogen (secondary N) is 2. The predicted octanol–water partition coefficient (Wildman–Crippen LogP) is 3.41. The van der Waals surface area contributed by atoms with Crippen molar-refractivity contribution in [3.05, 3.63) is 54.1 Å². The fourth-order valence-electron chi connectivity index (χ4n) is 2.20. The topological polar surface area (TPSA) is 84.5 Å². The molecule has 0 fully saturated rings.